The fourth-order valence-corrected chi connectivity index (χ4v) is 3.51. The molecule has 2 amide bonds. The van der Waals surface area contributed by atoms with E-state index in [1.807, 2.05) is 30.3 Å². The van der Waals surface area contributed by atoms with Gasteiger partial charge in [-0.05, 0) is 17.7 Å². The Morgan fingerprint density at radius 1 is 0.941 bits per heavy atom. The molecule has 11 heteroatoms. The lowest BCUT2D eigenvalue weighted by Gasteiger charge is -2.12. The Bertz CT molecular complexity index is 1490. The van der Waals surface area contributed by atoms with Crippen molar-refractivity contribution in [2.45, 2.75) is 6.54 Å². The van der Waals surface area contributed by atoms with E-state index in [0.717, 1.165) is 17.7 Å². The first kappa shape index (κ1) is 22.6. The number of nitrogens with zero attached hydrogens (tertiary/aromatic N) is 3. The highest BCUT2D eigenvalue weighted by molar-refractivity contribution is 6.34. The Balaban J connectivity index is 1.63. The molecule has 2 N–H and O–H groups in total. The van der Waals surface area contributed by atoms with Crippen molar-refractivity contribution in [3.63, 3.8) is 0 Å². The minimum Gasteiger partial charge on any atom is -0.267 e. The number of amides is 2. The van der Waals surface area contributed by atoms with E-state index < -0.39 is 16.7 Å². The maximum atomic E-state index is 12.9. The molecule has 0 aliphatic heterocycles. The van der Waals surface area contributed by atoms with Gasteiger partial charge in [0.25, 0.3) is 23.1 Å². The number of aromatic nitrogens is 2. The summed E-state index contributed by atoms with van der Waals surface area (Å²) in [5.74, 6) is -1.64. The minimum atomic E-state index is -0.857. The summed E-state index contributed by atoms with van der Waals surface area (Å²) in [5.41, 5.74) is 4.24. The predicted molar refractivity (Wildman–Crippen MR) is 125 cm³/mol. The van der Waals surface area contributed by atoms with Crippen molar-refractivity contribution in [2.75, 3.05) is 0 Å². The molecule has 0 spiro atoms. The van der Waals surface area contributed by atoms with Gasteiger partial charge < -0.3 is 0 Å². The van der Waals surface area contributed by atoms with Crippen LogP contribution in [0, 0.1) is 10.1 Å². The predicted octanol–water partition coefficient (Wildman–Crippen LogP) is 3.08. The number of hydrazine groups is 1. The van der Waals surface area contributed by atoms with Gasteiger partial charge in [-0.25, -0.2) is 4.68 Å². The summed E-state index contributed by atoms with van der Waals surface area (Å²) in [7, 11) is 0. The average molecular weight is 478 g/mol. The van der Waals surface area contributed by atoms with Crippen LogP contribution in [0.1, 0.15) is 26.4 Å². The number of rotatable bonds is 5. The number of carbonyl (C=O) groups excluding carboxylic acids is 2. The molecule has 0 saturated carbocycles. The first-order chi connectivity index (χ1) is 16.3. The van der Waals surface area contributed by atoms with Gasteiger partial charge in [-0.3, -0.25) is 35.3 Å². The van der Waals surface area contributed by atoms with Crippen LogP contribution in [0.5, 0.6) is 0 Å². The van der Waals surface area contributed by atoms with E-state index >= 15 is 0 Å². The Hall–Kier alpha value is -4.57. The topological polar surface area (TPSA) is 136 Å². The van der Waals surface area contributed by atoms with Gasteiger partial charge in [0.2, 0.25) is 0 Å². The van der Waals surface area contributed by atoms with E-state index in [9.17, 15) is 24.5 Å². The third-order valence-corrected chi connectivity index (χ3v) is 5.28. The monoisotopic (exact) mass is 477 g/mol. The van der Waals surface area contributed by atoms with Crippen LogP contribution in [0.4, 0.5) is 5.69 Å². The molecule has 3 aromatic carbocycles. The molecule has 170 valence electrons. The van der Waals surface area contributed by atoms with Crippen molar-refractivity contribution in [2.24, 2.45) is 0 Å². The largest absolute Gasteiger partial charge is 0.290 e. The fraction of sp³-hybridized carbons (Fsp3) is 0.0435. The molecule has 4 rings (SSSR count). The number of nitro groups is 1. The lowest BCUT2D eigenvalue weighted by atomic mass is 10.1. The number of halogens is 1. The van der Waals surface area contributed by atoms with Gasteiger partial charge in [0.1, 0.15) is 0 Å². The van der Waals surface area contributed by atoms with Crippen LogP contribution < -0.4 is 16.4 Å². The second kappa shape index (κ2) is 9.51. The molecule has 1 aromatic heterocycles. The van der Waals surface area contributed by atoms with Gasteiger partial charge in [-0.2, -0.15) is 5.10 Å². The third-order valence-electron chi connectivity index (χ3n) is 4.95. The third kappa shape index (κ3) is 4.62. The van der Waals surface area contributed by atoms with Crippen LogP contribution in [-0.4, -0.2) is 26.5 Å². The number of nitro benzene ring substituents is 1. The lowest BCUT2D eigenvalue weighted by molar-refractivity contribution is -0.384. The summed E-state index contributed by atoms with van der Waals surface area (Å²) in [6.07, 6.45) is 0. The molecular weight excluding hydrogens is 462 g/mol. The molecule has 10 nitrogen and oxygen atoms in total. The Labute approximate surface area is 196 Å². The molecule has 4 aromatic rings. The standard InChI is InChI=1S/C23H16ClN5O5/c24-19-11-10-15(29(33)34)12-18(19)21(30)25-26-22(31)20-16-8-4-5-9-17(16)23(32)28(27-20)13-14-6-2-1-3-7-14/h1-12H,13H2,(H,25,30)(H,26,31). The van der Waals surface area contributed by atoms with E-state index in [2.05, 4.69) is 16.0 Å². The van der Waals surface area contributed by atoms with Crippen LogP contribution in [0.2, 0.25) is 5.02 Å². The van der Waals surface area contributed by atoms with Crippen LogP contribution in [0.15, 0.2) is 77.6 Å². The Morgan fingerprint density at radius 3 is 2.29 bits per heavy atom. The number of carbonyl (C=O) groups is 2. The number of benzene rings is 3. The van der Waals surface area contributed by atoms with Crippen LogP contribution in [-0.2, 0) is 6.54 Å². The fourth-order valence-electron chi connectivity index (χ4n) is 3.31. The Kier molecular flexibility index (Phi) is 6.33. The number of fused-ring (bicyclic) bond motifs is 1. The molecule has 0 atom stereocenters. The average Bonchev–Trinajstić information content (AvgIpc) is 2.85. The normalized spacial score (nSPS) is 10.6. The molecule has 0 aliphatic carbocycles. The van der Waals surface area contributed by atoms with Gasteiger partial charge >= 0.3 is 0 Å². The van der Waals surface area contributed by atoms with E-state index in [1.165, 1.54) is 10.7 Å². The van der Waals surface area contributed by atoms with Gasteiger partial charge in [0.15, 0.2) is 5.69 Å². The summed E-state index contributed by atoms with van der Waals surface area (Å²) in [6.45, 7) is 0.139. The zero-order chi connectivity index (χ0) is 24.2. The molecule has 0 saturated heterocycles. The van der Waals surface area contributed by atoms with Crippen molar-refractivity contribution >= 4 is 39.9 Å². The second-order valence-corrected chi connectivity index (χ2v) is 7.58. The quantitative estimate of drug-likeness (QED) is 0.335. The van der Waals surface area contributed by atoms with Gasteiger partial charge in [0.05, 0.1) is 27.4 Å². The van der Waals surface area contributed by atoms with Crippen molar-refractivity contribution in [1.82, 2.24) is 20.6 Å². The summed E-state index contributed by atoms with van der Waals surface area (Å²) >= 11 is 5.97. The van der Waals surface area contributed by atoms with Gasteiger partial charge in [0, 0.05) is 17.5 Å². The number of non-ortho nitro benzene ring substituents is 1. The first-order valence-electron chi connectivity index (χ1n) is 9.93. The van der Waals surface area contributed by atoms with Crippen LogP contribution >= 0.6 is 11.6 Å². The van der Waals surface area contributed by atoms with Crippen molar-refractivity contribution in [1.29, 1.82) is 0 Å². The molecule has 0 unspecified atom stereocenters. The maximum absolute atomic E-state index is 12.9. The van der Waals surface area contributed by atoms with Crippen LogP contribution in [0.25, 0.3) is 10.8 Å². The van der Waals surface area contributed by atoms with E-state index in [1.54, 1.807) is 24.3 Å². The molecule has 0 aliphatic rings. The second-order valence-electron chi connectivity index (χ2n) is 7.17. The summed E-state index contributed by atoms with van der Waals surface area (Å²) in [4.78, 5) is 48.6. The highest BCUT2D eigenvalue weighted by Crippen LogP contribution is 2.22. The molecule has 0 radical (unpaired) electrons. The Morgan fingerprint density at radius 2 is 1.59 bits per heavy atom. The lowest BCUT2D eigenvalue weighted by Crippen LogP contribution is -2.43. The zero-order valence-electron chi connectivity index (χ0n) is 17.4. The smallest absolute Gasteiger partial charge is 0.267 e. The summed E-state index contributed by atoms with van der Waals surface area (Å²) in [5, 5.41) is 15.8. The number of nitrogens with one attached hydrogen (secondary N) is 2. The van der Waals surface area contributed by atoms with Crippen molar-refractivity contribution in [3.05, 3.63) is 115 Å². The zero-order valence-corrected chi connectivity index (χ0v) is 18.2. The number of hydrogen-bond acceptors (Lipinski definition) is 6. The highest BCUT2D eigenvalue weighted by atomic mass is 35.5. The first-order valence-corrected chi connectivity index (χ1v) is 10.3. The number of hydrogen-bond donors (Lipinski definition) is 2. The van der Waals surface area contributed by atoms with Gasteiger partial charge in [-0.15, -0.1) is 0 Å². The summed E-state index contributed by atoms with van der Waals surface area (Å²) in [6, 6.07) is 19.0. The molecule has 0 bridgehead atoms. The molecule has 34 heavy (non-hydrogen) atoms. The van der Waals surface area contributed by atoms with Crippen molar-refractivity contribution in [3.8, 4) is 0 Å². The van der Waals surface area contributed by atoms with E-state index in [-0.39, 0.29) is 39.5 Å². The molecular formula is C23H16ClN5O5. The van der Waals surface area contributed by atoms with E-state index in [0.29, 0.717) is 5.39 Å². The van der Waals surface area contributed by atoms with Crippen molar-refractivity contribution < 1.29 is 14.5 Å². The highest BCUT2D eigenvalue weighted by Gasteiger charge is 2.20. The minimum absolute atomic E-state index is 0.0302. The summed E-state index contributed by atoms with van der Waals surface area (Å²) < 4.78 is 1.17. The van der Waals surface area contributed by atoms with Crippen LogP contribution in [0.3, 0.4) is 0 Å². The SMILES string of the molecule is O=C(NNC(=O)c1nn(Cc2ccccc2)c(=O)c2ccccc12)c1cc([N+](=O)[O-])ccc1Cl. The molecule has 0 fully saturated rings. The van der Waals surface area contributed by atoms with Gasteiger partial charge in [-0.1, -0.05) is 60.1 Å². The maximum Gasteiger partial charge on any atom is 0.290 e. The van der Waals surface area contributed by atoms with E-state index in [4.69, 9.17) is 11.6 Å². The molecule has 1 heterocycles.